The number of benzene rings is 1. The van der Waals surface area contributed by atoms with Crippen LogP contribution >= 0.6 is 24.0 Å². The molecular weight excluding hydrogens is 391 g/mol. The Kier molecular flexibility index (Phi) is 7.10. The van der Waals surface area contributed by atoms with Gasteiger partial charge in [0, 0.05) is 23.0 Å². The second-order valence-corrected chi connectivity index (χ2v) is 4.74. The van der Waals surface area contributed by atoms with Crippen LogP contribution in [0.5, 0.6) is 5.75 Å². The van der Waals surface area contributed by atoms with Crippen molar-refractivity contribution in [2.45, 2.75) is 20.4 Å². The third kappa shape index (κ3) is 4.59. The highest BCUT2D eigenvalue weighted by Crippen LogP contribution is 2.24. The SMILES string of the molecule is COc1c(C)cnc(CN=C(N)Nc2ccccc2)c1C.I. The molecular formula is C16H21IN4O. The van der Waals surface area contributed by atoms with Crippen molar-refractivity contribution in [1.82, 2.24) is 4.98 Å². The lowest BCUT2D eigenvalue weighted by molar-refractivity contribution is 0.407. The average Bonchev–Trinajstić information content (AvgIpc) is 2.48. The van der Waals surface area contributed by atoms with Crippen molar-refractivity contribution in [3.05, 3.63) is 53.3 Å². The number of halogens is 1. The molecule has 0 aliphatic rings. The number of nitrogens with two attached hydrogens (primary N) is 1. The van der Waals surface area contributed by atoms with E-state index in [0.717, 1.165) is 28.3 Å². The molecule has 2 rings (SSSR count). The van der Waals surface area contributed by atoms with Crippen LogP contribution in [0.4, 0.5) is 5.69 Å². The minimum absolute atomic E-state index is 0. The second kappa shape index (κ2) is 8.57. The molecule has 0 saturated heterocycles. The van der Waals surface area contributed by atoms with Crippen LogP contribution in [0.2, 0.25) is 0 Å². The topological polar surface area (TPSA) is 72.5 Å². The van der Waals surface area contributed by atoms with Gasteiger partial charge in [0.15, 0.2) is 5.96 Å². The number of ether oxygens (including phenoxy) is 1. The smallest absolute Gasteiger partial charge is 0.193 e. The zero-order valence-corrected chi connectivity index (χ0v) is 15.3. The van der Waals surface area contributed by atoms with Gasteiger partial charge in [-0.3, -0.25) is 4.98 Å². The Balaban J connectivity index is 0.00000242. The van der Waals surface area contributed by atoms with E-state index >= 15 is 0 Å². The van der Waals surface area contributed by atoms with Crippen molar-refractivity contribution in [1.29, 1.82) is 0 Å². The summed E-state index contributed by atoms with van der Waals surface area (Å²) in [4.78, 5) is 8.72. The van der Waals surface area contributed by atoms with E-state index < -0.39 is 0 Å². The molecule has 0 fully saturated rings. The largest absolute Gasteiger partial charge is 0.496 e. The predicted molar refractivity (Wildman–Crippen MR) is 101 cm³/mol. The molecule has 5 nitrogen and oxygen atoms in total. The Bertz CT molecular complexity index is 644. The van der Waals surface area contributed by atoms with Crippen LogP contribution in [-0.2, 0) is 6.54 Å². The van der Waals surface area contributed by atoms with Gasteiger partial charge in [0.1, 0.15) is 5.75 Å². The number of hydrogen-bond acceptors (Lipinski definition) is 3. The molecule has 1 aromatic heterocycles. The lowest BCUT2D eigenvalue weighted by Crippen LogP contribution is -2.22. The van der Waals surface area contributed by atoms with Gasteiger partial charge in [-0.1, -0.05) is 18.2 Å². The lowest BCUT2D eigenvalue weighted by Gasteiger charge is -2.11. The molecule has 0 saturated carbocycles. The van der Waals surface area contributed by atoms with Gasteiger partial charge < -0.3 is 15.8 Å². The lowest BCUT2D eigenvalue weighted by atomic mass is 10.1. The number of aromatic nitrogens is 1. The van der Waals surface area contributed by atoms with Crippen molar-refractivity contribution in [2.24, 2.45) is 10.7 Å². The normalized spacial score (nSPS) is 10.8. The van der Waals surface area contributed by atoms with E-state index in [-0.39, 0.29) is 24.0 Å². The summed E-state index contributed by atoms with van der Waals surface area (Å²) < 4.78 is 5.38. The number of hydrogen-bond donors (Lipinski definition) is 2. The van der Waals surface area contributed by atoms with Gasteiger partial charge >= 0.3 is 0 Å². The van der Waals surface area contributed by atoms with Crippen molar-refractivity contribution in [3.63, 3.8) is 0 Å². The summed E-state index contributed by atoms with van der Waals surface area (Å²) in [5, 5.41) is 3.04. The maximum Gasteiger partial charge on any atom is 0.193 e. The summed E-state index contributed by atoms with van der Waals surface area (Å²) in [7, 11) is 1.66. The zero-order chi connectivity index (χ0) is 15.2. The van der Waals surface area contributed by atoms with Gasteiger partial charge in [-0.05, 0) is 26.0 Å². The van der Waals surface area contributed by atoms with E-state index in [2.05, 4.69) is 15.3 Å². The average molecular weight is 412 g/mol. The molecule has 22 heavy (non-hydrogen) atoms. The van der Waals surface area contributed by atoms with E-state index in [1.807, 2.05) is 44.2 Å². The Labute approximate surface area is 148 Å². The van der Waals surface area contributed by atoms with E-state index in [4.69, 9.17) is 10.5 Å². The monoisotopic (exact) mass is 412 g/mol. The first-order valence-corrected chi connectivity index (χ1v) is 6.73. The van der Waals surface area contributed by atoms with Crippen molar-refractivity contribution in [2.75, 3.05) is 12.4 Å². The maximum absolute atomic E-state index is 5.88. The quantitative estimate of drug-likeness (QED) is 0.460. The number of guanidine groups is 1. The number of anilines is 1. The Morgan fingerprint density at radius 3 is 2.59 bits per heavy atom. The Morgan fingerprint density at radius 2 is 1.95 bits per heavy atom. The summed E-state index contributed by atoms with van der Waals surface area (Å²) in [5.41, 5.74) is 9.65. The molecule has 2 aromatic rings. The van der Waals surface area contributed by atoms with Gasteiger partial charge in [0.05, 0.1) is 19.3 Å². The summed E-state index contributed by atoms with van der Waals surface area (Å²) in [6, 6.07) is 9.68. The Hall–Kier alpha value is -1.83. The fraction of sp³-hybridized carbons (Fsp3) is 0.250. The van der Waals surface area contributed by atoms with Gasteiger partial charge in [0.25, 0.3) is 0 Å². The molecule has 0 amide bonds. The fourth-order valence-electron chi connectivity index (χ4n) is 2.10. The van der Waals surface area contributed by atoms with Gasteiger partial charge in [0.2, 0.25) is 0 Å². The van der Waals surface area contributed by atoms with Crippen LogP contribution in [0.15, 0.2) is 41.5 Å². The van der Waals surface area contributed by atoms with Gasteiger partial charge in [-0.15, -0.1) is 24.0 Å². The fourth-order valence-corrected chi connectivity index (χ4v) is 2.10. The molecule has 0 spiro atoms. The molecule has 0 atom stereocenters. The summed E-state index contributed by atoms with van der Waals surface area (Å²) in [5.74, 6) is 1.21. The van der Waals surface area contributed by atoms with Crippen molar-refractivity contribution < 1.29 is 4.74 Å². The first-order chi connectivity index (χ1) is 10.1. The second-order valence-electron chi connectivity index (χ2n) is 4.74. The van der Waals surface area contributed by atoms with Crippen LogP contribution in [0.3, 0.4) is 0 Å². The first kappa shape index (κ1) is 18.2. The summed E-state index contributed by atoms with van der Waals surface area (Å²) >= 11 is 0. The Morgan fingerprint density at radius 1 is 1.27 bits per heavy atom. The first-order valence-electron chi connectivity index (χ1n) is 6.73. The van der Waals surface area contributed by atoms with Crippen LogP contribution in [-0.4, -0.2) is 18.1 Å². The van der Waals surface area contributed by atoms with E-state index in [1.165, 1.54) is 0 Å². The highest BCUT2D eigenvalue weighted by atomic mass is 127. The van der Waals surface area contributed by atoms with E-state index in [9.17, 15) is 0 Å². The molecule has 6 heteroatoms. The van der Waals surface area contributed by atoms with Crippen LogP contribution < -0.4 is 15.8 Å². The molecule has 1 aromatic carbocycles. The van der Waals surface area contributed by atoms with Gasteiger partial charge in [-0.25, -0.2) is 4.99 Å². The molecule has 0 aliphatic heterocycles. The molecule has 0 bridgehead atoms. The number of nitrogens with zero attached hydrogens (tertiary/aromatic N) is 2. The van der Waals surface area contributed by atoms with E-state index in [1.54, 1.807) is 13.3 Å². The number of methoxy groups -OCH3 is 1. The molecule has 1 heterocycles. The van der Waals surface area contributed by atoms with Crippen LogP contribution in [0.1, 0.15) is 16.8 Å². The number of para-hydroxylation sites is 1. The number of nitrogens with one attached hydrogen (secondary N) is 1. The minimum Gasteiger partial charge on any atom is -0.496 e. The molecule has 118 valence electrons. The third-order valence-corrected chi connectivity index (χ3v) is 3.20. The highest BCUT2D eigenvalue weighted by Gasteiger charge is 2.08. The molecule has 3 N–H and O–H groups in total. The molecule has 0 aliphatic carbocycles. The van der Waals surface area contributed by atoms with E-state index in [0.29, 0.717) is 12.5 Å². The number of rotatable bonds is 4. The number of aryl methyl sites for hydroxylation is 1. The number of pyridine rings is 1. The van der Waals surface area contributed by atoms with Crippen LogP contribution in [0, 0.1) is 13.8 Å². The molecule has 0 radical (unpaired) electrons. The van der Waals surface area contributed by atoms with Gasteiger partial charge in [-0.2, -0.15) is 0 Å². The zero-order valence-electron chi connectivity index (χ0n) is 13.0. The van der Waals surface area contributed by atoms with Crippen LogP contribution in [0.25, 0.3) is 0 Å². The van der Waals surface area contributed by atoms with Crippen molar-refractivity contribution >= 4 is 35.6 Å². The summed E-state index contributed by atoms with van der Waals surface area (Å²) in [6.45, 7) is 4.36. The molecule has 0 unspecified atom stereocenters. The maximum atomic E-state index is 5.88. The third-order valence-electron chi connectivity index (χ3n) is 3.20. The minimum atomic E-state index is 0. The van der Waals surface area contributed by atoms with Crippen molar-refractivity contribution in [3.8, 4) is 5.75 Å². The predicted octanol–water partition coefficient (Wildman–Crippen LogP) is 3.25. The summed E-state index contributed by atoms with van der Waals surface area (Å²) in [6.07, 6.45) is 1.79. The highest BCUT2D eigenvalue weighted by molar-refractivity contribution is 14.0. The standard InChI is InChI=1S/C16H20N4O.HI/c1-11-9-18-14(12(2)15(11)21-3)10-19-16(17)20-13-7-5-4-6-8-13;/h4-9H,10H2,1-3H3,(H3,17,19,20);1H. The number of aliphatic imine (C=N–C) groups is 1.